The Morgan fingerprint density at radius 2 is 0.808 bits per heavy atom. The molecule has 0 aromatic rings. The number of allylic oxidation sites excluding steroid dienone is 6. The van der Waals surface area contributed by atoms with E-state index in [0.29, 0.717) is 19.3 Å². The van der Waals surface area contributed by atoms with Crippen molar-refractivity contribution in [1.82, 2.24) is 5.32 Å². The van der Waals surface area contributed by atoms with Gasteiger partial charge in [-0.25, -0.2) is 0 Å². The summed E-state index contributed by atoms with van der Waals surface area (Å²) in [5.74, 6) is -0.606. The third kappa shape index (κ3) is 34.3. The van der Waals surface area contributed by atoms with Gasteiger partial charge >= 0.3 is 0 Å². The van der Waals surface area contributed by atoms with Gasteiger partial charge in [0.2, 0.25) is 5.91 Å². The number of hydrogen-bond donors (Lipinski definition) is 5. The number of hydrogen-bond acceptors (Lipinski definition) is 5. The van der Waals surface area contributed by atoms with Crippen molar-refractivity contribution in [2.75, 3.05) is 6.61 Å². The number of rotatable bonds is 40. The topological polar surface area (TPSA) is 110 Å². The number of nitrogens with one attached hydrogen (secondary N) is 1. The zero-order chi connectivity index (χ0) is 38.2. The van der Waals surface area contributed by atoms with Crippen LogP contribution in [0.1, 0.15) is 219 Å². The van der Waals surface area contributed by atoms with Crippen molar-refractivity contribution in [2.24, 2.45) is 0 Å². The van der Waals surface area contributed by atoms with Gasteiger partial charge in [0.15, 0.2) is 0 Å². The summed E-state index contributed by atoms with van der Waals surface area (Å²) < 4.78 is 0. The molecule has 52 heavy (non-hydrogen) atoms. The van der Waals surface area contributed by atoms with Gasteiger partial charge in [-0.05, 0) is 77.0 Å². The largest absolute Gasteiger partial charge is 0.394 e. The Labute approximate surface area is 322 Å². The molecular weight excluding hydrogens is 647 g/mol. The minimum atomic E-state index is -1.29. The molecule has 0 radical (unpaired) electrons. The van der Waals surface area contributed by atoms with E-state index in [1.165, 1.54) is 135 Å². The average Bonchev–Trinajstić information content (AvgIpc) is 3.15. The maximum atomic E-state index is 12.5. The monoisotopic (exact) mass is 734 g/mol. The van der Waals surface area contributed by atoms with Crippen LogP contribution in [0.4, 0.5) is 0 Å². The van der Waals surface area contributed by atoms with Crippen molar-refractivity contribution in [2.45, 2.75) is 244 Å². The molecule has 6 nitrogen and oxygen atoms in total. The molecule has 0 aromatic heterocycles. The smallest absolute Gasteiger partial charge is 0.249 e. The van der Waals surface area contributed by atoms with Crippen LogP contribution in [0.15, 0.2) is 36.5 Å². The molecular formula is C46H87NO5. The summed E-state index contributed by atoms with van der Waals surface area (Å²) in [4.78, 5) is 12.5. The maximum Gasteiger partial charge on any atom is 0.249 e. The van der Waals surface area contributed by atoms with E-state index in [2.05, 4.69) is 55.6 Å². The summed E-state index contributed by atoms with van der Waals surface area (Å²) >= 11 is 0. The highest BCUT2D eigenvalue weighted by Crippen LogP contribution is 2.14. The van der Waals surface area contributed by atoms with E-state index < -0.39 is 36.9 Å². The number of amides is 1. The zero-order valence-corrected chi connectivity index (χ0v) is 34.3. The van der Waals surface area contributed by atoms with Gasteiger partial charge in [0, 0.05) is 0 Å². The number of carbonyl (C=O) groups is 1. The molecule has 0 bridgehead atoms. The number of carbonyl (C=O) groups excluding carboxylic acids is 1. The van der Waals surface area contributed by atoms with Crippen LogP contribution in [-0.2, 0) is 4.79 Å². The third-order valence-corrected chi connectivity index (χ3v) is 10.3. The van der Waals surface area contributed by atoms with Crippen LogP contribution < -0.4 is 5.32 Å². The van der Waals surface area contributed by atoms with E-state index >= 15 is 0 Å². The van der Waals surface area contributed by atoms with E-state index in [-0.39, 0.29) is 0 Å². The first-order valence-electron chi connectivity index (χ1n) is 22.4. The maximum absolute atomic E-state index is 12.5. The van der Waals surface area contributed by atoms with Gasteiger partial charge in [-0.15, -0.1) is 0 Å². The van der Waals surface area contributed by atoms with Crippen molar-refractivity contribution >= 4 is 5.91 Å². The standard InChI is InChI=1S/C46H87NO5/c1-3-5-7-9-11-13-15-17-19-21-22-24-25-27-29-31-33-35-37-39-43(49)45(51)42(41-48)47-46(52)44(50)40-38-36-34-32-30-28-26-23-20-18-16-14-12-10-8-6-4-2/h24-26,28,31,33,42-45,48-51H,3-23,27,29-30,32,34-41H2,1-2H3,(H,47,52)/b25-24+,28-26-,33-31+. The second kappa shape index (κ2) is 40.7. The van der Waals surface area contributed by atoms with Crippen LogP contribution in [0, 0.1) is 0 Å². The minimum absolute atomic E-state index is 0.346. The van der Waals surface area contributed by atoms with Crippen molar-refractivity contribution in [3.63, 3.8) is 0 Å². The highest BCUT2D eigenvalue weighted by Gasteiger charge is 2.28. The van der Waals surface area contributed by atoms with E-state index in [9.17, 15) is 25.2 Å². The first-order valence-corrected chi connectivity index (χ1v) is 22.4. The predicted octanol–water partition coefficient (Wildman–Crippen LogP) is 11.7. The lowest BCUT2D eigenvalue weighted by Gasteiger charge is -2.27. The van der Waals surface area contributed by atoms with Gasteiger partial charge in [-0.3, -0.25) is 4.79 Å². The van der Waals surface area contributed by atoms with Crippen molar-refractivity contribution in [1.29, 1.82) is 0 Å². The van der Waals surface area contributed by atoms with Crippen LogP contribution in [0.25, 0.3) is 0 Å². The van der Waals surface area contributed by atoms with Crippen LogP contribution in [-0.4, -0.2) is 57.3 Å². The van der Waals surface area contributed by atoms with E-state index in [4.69, 9.17) is 0 Å². The molecule has 5 N–H and O–H groups in total. The fraction of sp³-hybridized carbons (Fsp3) is 0.848. The van der Waals surface area contributed by atoms with E-state index in [1.807, 2.05) is 0 Å². The summed E-state index contributed by atoms with van der Waals surface area (Å²) in [6.45, 7) is 4.03. The molecule has 0 aliphatic heterocycles. The van der Waals surface area contributed by atoms with Gasteiger partial charge in [0.05, 0.1) is 18.8 Å². The molecule has 0 heterocycles. The molecule has 0 rings (SSSR count). The molecule has 0 saturated heterocycles. The van der Waals surface area contributed by atoms with E-state index in [1.54, 1.807) is 0 Å². The van der Waals surface area contributed by atoms with Crippen LogP contribution in [0.5, 0.6) is 0 Å². The van der Waals surface area contributed by atoms with Gasteiger partial charge in [0.25, 0.3) is 0 Å². The van der Waals surface area contributed by atoms with Crippen molar-refractivity contribution in [3.8, 4) is 0 Å². The minimum Gasteiger partial charge on any atom is -0.394 e. The van der Waals surface area contributed by atoms with Crippen LogP contribution in [0.2, 0.25) is 0 Å². The fourth-order valence-electron chi connectivity index (χ4n) is 6.71. The van der Waals surface area contributed by atoms with E-state index in [0.717, 1.165) is 51.4 Å². The summed E-state index contributed by atoms with van der Waals surface area (Å²) in [5.41, 5.74) is 0. The molecule has 0 aliphatic carbocycles. The molecule has 0 aromatic carbocycles. The molecule has 0 spiro atoms. The first kappa shape index (κ1) is 50.5. The lowest BCUT2D eigenvalue weighted by atomic mass is 10.00. The zero-order valence-electron chi connectivity index (χ0n) is 34.3. The van der Waals surface area contributed by atoms with Crippen LogP contribution >= 0.6 is 0 Å². The molecule has 1 amide bonds. The number of unbranched alkanes of at least 4 members (excludes halogenated alkanes) is 25. The summed E-state index contributed by atoms with van der Waals surface area (Å²) in [7, 11) is 0. The predicted molar refractivity (Wildman–Crippen MR) is 224 cm³/mol. The summed E-state index contributed by atoms with van der Waals surface area (Å²) in [6, 6.07) is -1.01. The third-order valence-electron chi connectivity index (χ3n) is 10.3. The first-order chi connectivity index (χ1) is 25.5. The lowest BCUT2D eigenvalue weighted by Crippen LogP contribution is -2.53. The Bertz CT molecular complexity index is 828. The number of aliphatic hydroxyl groups is 4. The Morgan fingerprint density at radius 3 is 1.21 bits per heavy atom. The van der Waals surface area contributed by atoms with Gasteiger partial charge in [0.1, 0.15) is 12.2 Å². The molecule has 306 valence electrons. The van der Waals surface area contributed by atoms with Crippen LogP contribution in [0.3, 0.4) is 0 Å². The Kier molecular flexibility index (Phi) is 39.6. The van der Waals surface area contributed by atoms with Crippen molar-refractivity contribution < 1.29 is 25.2 Å². The molecule has 4 unspecified atom stereocenters. The second-order valence-electron chi connectivity index (χ2n) is 15.4. The second-order valence-corrected chi connectivity index (χ2v) is 15.4. The summed E-state index contributed by atoms with van der Waals surface area (Å²) in [5, 5.41) is 43.6. The van der Waals surface area contributed by atoms with Crippen molar-refractivity contribution in [3.05, 3.63) is 36.5 Å². The fourth-order valence-corrected chi connectivity index (χ4v) is 6.71. The molecule has 0 aliphatic rings. The highest BCUT2D eigenvalue weighted by molar-refractivity contribution is 5.80. The van der Waals surface area contributed by atoms with Gasteiger partial charge < -0.3 is 25.7 Å². The molecule has 0 fully saturated rings. The normalized spacial score (nSPS) is 14.5. The Morgan fingerprint density at radius 1 is 0.462 bits per heavy atom. The quantitative estimate of drug-likeness (QED) is 0.0318. The SMILES string of the molecule is CCCCCCCCCCC/C=C\CCCCCCC(O)C(=O)NC(CO)C(O)C(O)CCC/C=C/CC/C=C/CCCCCCCCCCCC. The highest BCUT2D eigenvalue weighted by atomic mass is 16.3. The molecule has 0 saturated carbocycles. The Balaban J connectivity index is 3.83. The molecule has 6 heteroatoms. The lowest BCUT2D eigenvalue weighted by molar-refractivity contribution is -0.132. The Hall–Kier alpha value is -1.47. The molecule has 4 atom stereocenters. The number of aliphatic hydroxyl groups excluding tert-OH is 4. The van der Waals surface area contributed by atoms with Gasteiger partial charge in [-0.2, -0.15) is 0 Å². The average molecular weight is 734 g/mol. The summed E-state index contributed by atoms with van der Waals surface area (Å²) in [6.07, 6.45) is 47.5. The van der Waals surface area contributed by atoms with Gasteiger partial charge in [-0.1, -0.05) is 179 Å².